The smallest absolute Gasteiger partial charge is 0.428 e. The average molecular weight is 360 g/mol. The van der Waals surface area contributed by atoms with Gasteiger partial charge in [0.25, 0.3) is 0 Å². The first kappa shape index (κ1) is 21.0. The lowest BCUT2D eigenvalue weighted by molar-refractivity contribution is 0.00201. The van der Waals surface area contributed by atoms with Crippen LogP contribution in [0.5, 0.6) is 0 Å². The maximum Gasteiger partial charge on any atom is 0.517 e. The number of rotatable bonds is 2. The maximum atomic E-state index is 12.2. The van der Waals surface area contributed by atoms with Gasteiger partial charge in [-0.1, -0.05) is 20.8 Å². The molecular formula is C17H33NO5Si. The largest absolute Gasteiger partial charge is 0.517 e. The molecule has 0 aliphatic carbocycles. The van der Waals surface area contributed by atoms with Crippen molar-refractivity contribution < 1.29 is 23.5 Å². The third-order valence-corrected chi connectivity index (χ3v) is 9.13. The minimum absolute atomic E-state index is 0.0212. The predicted molar refractivity (Wildman–Crippen MR) is 95.6 cm³/mol. The molecule has 1 aliphatic rings. The Morgan fingerprint density at radius 1 is 1.08 bits per heavy atom. The number of likely N-dealkylation sites (tertiary alicyclic amines) is 1. The zero-order valence-electron chi connectivity index (χ0n) is 16.6. The van der Waals surface area contributed by atoms with Crippen molar-refractivity contribution >= 4 is 20.6 Å². The minimum atomic E-state index is -1.90. The van der Waals surface area contributed by atoms with Crippen molar-refractivity contribution in [2.45, 2.75) is 90.8 Å². The van der Waals surface area contributed by atoms with E-state index in [0.717, 1.165) is 6.42 Å². The van der Waals surface area contributed by atoms with Gasteiger partial charge >= 0.3 is 12.2 Å². The molecule has 7 heteroatoms. The van der Waals surface area contributed by atoms with E-state index in [4.69, 9.17) is 13.9 Å². The lowest BCUT2D eigenvalue weighted by atomic mass is 10.2. The summed E-state index contributed by atoms with van der Waals surface area (Å²) < 4.78 is 16.2. The zero-order chi connectivity index (χ0) is 18.9. The van der Waals surface area contributed by atoms with Crippen LogP contribution in [0.3, 0.4) is 0 Å². The van der Waals surface area contributed by atoms with Crippen molar-refractivity contribution in [3.05, 3.63) is 0 Å². The zero-order valence-corrected chi connectivity index (χ0v) is 17.6. The van der Waals surface area contributed by atoms with Gasteiger partial charge < -0.3 is 18.8 Å². The summed E-state index contributed by atoms with van der Waals surface area (Å²) in [6, 6.07) is -0.0327. The molecule has 2 atom stereocenters. The first-order valence-electron chi connectivity index (χ1n) is 8.51. The van der Waals surface area contributed by atoms with Crippen LogP contribution in [0, 0.1) is 0 Å². The number of carbonyl (C=O) groups excluding carboxylic acids is 2. The van der Waals surface area contributed by atoms with Crippen LogP contribution >= 0.6 is 0 Å². The molecule has 1 heterocycles. The molecule has 1 aliphatic heterocycles. The molecule has 24 heavy (non-hydrogen) atoms. The van der Waals surface area contributed by atoms with E-state index in [1.54, 1.807) is 25.7 Å². The van der Waals surface area contributed by atoms with Gasteiger partial charge in [-0.2, -0.15) is 0 Å². The van der Waals surface area contributed by atoms with E-state index in [9.17, 15) is 9.59 Å². The van der Waals surface area contributed by atoms with Gasteiger partial charge in [0.15, 0.2) is 8.32 Å². The van der Waals surface area contributed by atoms with Crippen LogP contribution in [0.2, 0.25) is 18.1 Å². The lowest BCUT2D eigenvalue weighted by Crippen LogP contribution is -2.45. The Bertz CT molecular complexity index is 478. The molecule has 6 nitrogen and oxygen atoms in total. The van der Waals surface area contributed by atoms with Gasteiger partial charge in [-0.3, -0.25) is 0 Å². The van der Waals surface area contributed by atoms with Crippen LogP contribution in [-0.4, -0.2) is 49.8 Å². The standard InChI is InChI=1S/C17H33NO5Si/c1-12-10-13(23-24(8,9)17(5,6)7)11-18(12)14(19)21-15(20)22-16(2,3)4/h12-13H,10-11H2,1-9H3/t12-,13+/m0/s1. The fraction of sp³-hybridized carbons (Fsp3) is 0.882. The van der Waals surface area contributed by atoms with Crippen molar-refractivity contribution in [3.63, 3.8) is 0 Å². The Labute approximate surface area is 147 Å². The van der Waals surface area contributed by atoms with Gasteiger partial charge in [-0.05, 0) is 52.2 Å². The lowest BCUT2D eigenvalue weighted by Gasteiger charge is -2.38. The van der Waals surface area contributed by atoms with E-state index in [0.29, 0.717) is 6.54 Å². The van der Waals surface area contributed by atoms with Crippen LogP contribution in [-0.2, 0) is 13.9 Å². The van der Waals surface area contributed by atoms with Crippen molar-refractivity contribution in [2.75, 3.05) is 6.54 Å². The molecule has 0 spiro atoms. The third kappa shape index (κ3) is 5.77. The van der Waals surface area contributed by atoms with Crippen molar-refractivity contribution in [1.82, 2.24) is 4.90 Å². The normalized spacial score (nSPS) is 22.5. The minimum Gasteiger partial charge on any atom is -0.428 e. The Hall–Kier alpha value is -1.08. The summed E-state index contributed by atoms with van der Waals surface area (Å²) in [7, 11) is -1.90. The predicted octanol–water partition coefficient (Wildman–Crippen LogP) is 4.54. The van der Waals surface area contributed by atoms with Crippen LogP contribution < -0.4 is 0 Å². The molecule has 0 unspecified atom stereocenters. The summed E-state index contributed by atoms with van der Waals surface area (Å²) in [6.07, 6.45) is -0.908. The van der Waals surface area contributed by atoms with E-state index in [-0.39, 0.29) is 17.2 Å². The van der Waals surface area contributed by atoms with Gasteiger partial charge in [0.2, 0.25) is 0 Å². The topological polar surface area (TPSA) is 65.1 Å². The molecule has 0 radical (unpaired) electrons. The summed E-state index contributed by atoms with van der Waals surface area (Å²) in [5, 5.41) is 0.112. The summed E-state index contributed by atoms with van der Waals surface area (Å²) >= 11 is 0. The molecule has 1 saturated heterocycles. The van der Waals surface area contributed by atoms with Crippen molar-refractivity contribution in [3.8, 4) is 0 Å². The van der Waals surface area contributed by atoms with Gasteiger partial charge in [0, 0.05) is 12.6 Å². The van der Waals surface area contributed by atoms with E-state index >= 15 is 0 Å². The molecule has 0 aromatic rings. The van der Waals surface area contributed by atoms with Gasteiger partial charge in [0.05, 0.1) is 6.10 Å². The van der Waals surface area contributed by atoms with Crippen LogP contribution in [0.4, 0.5) is 9.59 Å². The second-order valence-electron chi connectivity index (χ2n) is 9.07. The molecule has 0 N–H and O–H groups in total. The molecule has 140 valence electrons. The summed E-state index contributed by atoms with van der Waals surface area (Å²) in [5.74, 6) is 0. The van der Waals surface area contributed by atoms with E-state index in [1.807, 2.05) is 6.92 Å². The molecule has 0 aromatic heterocycles. The Morgan fingerprint density at radius 3 is 2.08 bits per heavy atom. The van der Waals surface area contributed by atoms with Crippen LogP contribution in [0.15, 0.2) is 0 Å². The summed E-state index contributed by atoms with van der Waals surface area (Å²) in [6.45, 7) is 18.5. The third-order valence-electron chi connectivity index (χ3n) is 4.60. The Morgan fingerprint density at radius 2 is 1.62 bits per heavy atom. The fourth-order valence-corrected chi connectivity index (χ4v) is 3.67. The van der Waals surface area contributed by atoms with Crippen LogP contribution in [0.25, 0.3) is 0 Å². The molecular weight excluding hydrogens is 326 g/mol. The number of ether oxygens (including phenoxy) is 2. The Kier molecular flexibility index (Phi) is 6.14. The second-order valence-corrected chi connectivity index (χ2v) is 13.8. The van der Waals surface area contributed by atoms with Gasteiger partial charge in [0.1, 0.15) is 5.60 Å². The van der Waals surface area contributed by atoms with Crippen molar-refractivity contribution in [2.24, 2.45) is 0 Å². The van der Waals surface area contributed by atoms with E-state index in [2.05, 4.69) is 33.9 Å². The fourth-order valence-electron chi connectivity index (χ4n) is 2.32. The highest BCUT2D eigenvalue weighted by molar-refractivity contribution is 6.74. The quantitative estimate of drug-likeness (QED) is 0.411. The highest BCUT2D eigenvalue weighted by atomic mass is 28.4. The summed E-state index contributed by atoms with van der Waals surface area (Å²) in [4.78, 5) is 25.4. The number of carbonyl (C=O) groups is 2. The molecule has 0 bridgehead atoms. The van der Waals surface area contributed by atoms with Gasteiger partial charge in [-0.25, -0.2) is 9.59 Å². The number of hydrogen-bond acceptors (Lipinski definition) is 5. The first-order chi connectivity index (χ1) is 10.6. The first-order valence-corrected chi connectivity index (χ1v) is 11.4. The number of nitrogens with zero attached hydrogens (tertiary/aromatic N) is 1. The second kappa shape index (κ2) is 7.04. The molecule has 1 amide bonds. The monoisotopic (exact) mass is 359 g/mol. The van der Waals surface area contributed by atoms with E-state index < -0.39 is 26.2 Å². The maximum absolute atomic E-state index is 12.2. The van der Waals surface area contributed by atoms with Crippen molar-refractivity contribution in [1.29, 1.82) is 0 Å². The van der Waals surface area contributed by atoms with Gasteiger partial charge in [-0.15, -0.1) is 0 Å². The molecule has 0 aromatic carbocycles. The molecule has 1 fully saturated rings. The highest BCUT2D eigenvalue weighted by Gasteiger charge is 2.43. The molecule has 1 rings (SSSR count). The molecule has 0 saturated carbocycles. The Balaban J connectivity index is 2.63. The number of amides is 1. The average Bonchev–Trinajstić information content (AvgIpc) is 2.64. The summed E-state index contributed by atoms with van der Waals surface area (Å²) in [5.41, 5.74) is -0.692. The SMILES string of the molecule is C[C@H]1C[C@@H](O[Si](C)(C)C(C)(C)C)CN1C(=O)OC(=O)OC(C)(C)C. The van der Waals surface area contributed by atoms with Crippen LogP contribution in [0.1, 0.15) is 54.9 Å². The highest BCUT2D eigenvalue weighted by Crippen LogP contribution is 2.38. The van der Waals surface area contributed by atoms with E-state index in [1.165, 1.54) is 0 Å². The number of hydrogen-bond donors (Lipinski definition) is 0.